The number of nitrogens with two attached hydrogens (primary N) is 1. The SMILES string of the molecule is C=CCNC(N)=O.C=CCn1c(=O)cc(C)[nH]c1=O.C=CCn1c(=O)cc(C)n(Cc2c(F)cccc2F)c1=O.CC(=O)OOC(C)=O.CCOC(=O)CC(C)=O.CNCCc1ccccc1.Cc1c(Br)c(=O)n(CC=O)c(=O)n1Cc1c(F)cccc1F.Cc1cc(=O)n(CC=O)c(=O)n1Cc1c(F)cccc1F.[B-]OC(C)=O.[Na+].[Na+].[O-][I+3]([O-])([O-])[O-].[O]=[Os](=[O])(=[O])=[O]. The number of ether oxygens (including phenoxy) is 1. The molecule has 0 unspecified atom stereocenters. The van der Waals surface area contributed by atoms with Crippen molar-refractivity contribution in [3.8, 4) is 0 Å². The van der Waals surface area contributed by atoms with Gasteiger partial charge in [0.2, 0.25) is 5.97 Å². The summed E-state index contributed by atoms with van der Waals surface area (Å²) < 4.78 is 166. The van der Waals surface area contributed by atoms with Gasteiger partial charge < -0.3 is 48.4 Å². The van der Waals surface area contributed by atoms with Gasteiger partial charge in [0.05, 0.1) is 39.3 Å². The molecule has 0 saturated carbocycles. The van der Waals surface area contributed by atoms with Gasteiger partial charge in [-0.15, -0.1) is 19.7 Å². The van der Waals surface area contributed by atoms with Gasteiger partial charge in [-0.1, -0.05) is 66.8 Å². The normalized spacial score (nSPS) is 9.75. The number of hydrogen-bond acceptors (Lipinski definition) is 29. The fraction of sp³-hybridized carbons (Fsp3) is 0.289. The summed E-state index contributed by atoms with van der Waals surface area (Å²) in [6.45, 7) is 23.3. The molecule has 5 N–H and O–H groups in total. The summed E-state index contributed by atoms with van der Waals surface area (Å²) in [5.41, 5.74) is 2.03. The van der Waals surface area contributed by atoms with Crippen LogP contribution in [0.25, 0.3) is 0 Å². The number of hydrogen-bond donors (Lipinski definition) is 4. The molecule has 51 heteroatoms. The maximum atomic E-state index is 13.7. The predicted molar refractivity (Wildman–Crippen MR) is 419 cm³/mol. The quantitative estimate of drug-likeness (QED) is 0.00563. The molecule has 0 bridgehead atoms. The number of esters is 1. The molecular formula is C76H87BBrF6IN11Na2O28Os. The van der Waals surface area contributed by atoms with E-state index in [0.29, 0.717) is 46.2 Å². The number of primary amides is 1. The van der Waals surface area contributed by atoms with Crippen LogP contribution >= 0.6 is 15.9 Å². The average Bonchev–Trinajstić information content (AvgIpc) is 0.794. The van der Waals surface area contributed by atoms with Crippen LogP contribution in [0, 0.1) is 62.6 Å². The van der Waals surface area contributed by atoms with Gasteiger partial charge in [0.1, 0.15) is 84.2 Å². The van der Waals surface area contributed by atoms with Crippen LogP contribution in [0.4, 0.5) is 31.1 Å². The number of aryl methyl sites for hydroxylation is 3. The molecule has 683 valence electrons. The number of Topliss-reactive ketones (excluding diaryl/α,β-unsaturated/α-hetero) is 1. The van der Waals surface area contributed by atoms with Crippen LogP contribution in [0.5, 0.6) is 0 Å². The fourth-order valence-electron chi connectivity index (χ4n) is 8.65. The van der Waals surface area contributed by atoms with Crippen molar-refractivity contribution in [3.63, 3.8) is 0 Å². The second-order valence-corrected chi connectivity index (χ2v) is 29.1. The number of rotatable bonds is 22. The number of carbonyl (C=O) groups excluding carboxylic acids is 8. The topological polar surface area (TPSA) is 571 Å². The molecule has 0 atom stereocenters. The minimum absolute atomic E-state index is 0. The number of ketones is 1. The van der Waals surface area contributed by atoms with Crippen molar-refractivity contribution in [1.82, 2.24) is 47.6 Å². The molecule has 4 aromatic carbocycles. The molecular weight excluding hydrogens is 2080 g/mol. The first-order valence-corrected chi connectivity index (χ1v) is 43.4. The molecule has 4 aromatic heterocycles. The number of nitrogens with zero attached hydrogens (tertiary/aromatic N) is 7. The molecule has 127 heavy (non-hydrogen) atoms. The number of halogens is 8. The number of likely N-dealkylation sites (N-methyl/N-ethyl adjacent to an activating group) is 1. The summed E-state index contributed by atoms with van der Waals surface area (Å²) in [5, 5.41) is 5.43. The zero-order valence-corrected chi connectivity index (χ0v) is 80.7. The summed E-state index contributed by atoms with van der Waals surface area (Å²) in [7, 11) is 6.30. The van der Waals surface area contributed by atoms with Crippen LogP contribution in [0.15, 0.2) is 184 Å². The van der Waals surface area contributed by atoms with Crippen LogP contribution in [0.2, 0.25) is 0 Å². The molecule has 0 saturated heterocycles. The van der Waals surface area contributed by atoms with Crippen molar-refractivity contribution >= 4 is 72.2 Å². The third-order valence-corrected chi connectivity index (χ3v) is 15.0. The Morgan fingerprint density at radius 2 is 0.898 bits per heavy atom. The predicted octanol–water partition coefficient (Wildman–Crippen LogP) is -8.43. The average molecular weight is 2170 g/mol. The number of nitrogens with one attached hydrogen (secondary N) is 3. The van der Waals surface area contributed by atoms with E-state index in [4.69, 9.17) is 27.9 Å². The number of H-pyrrole nitrogens is 1. The molecule has 0 spiro atoms. The molecule has 0 aliphatic heterocycles. The van der Waals surface area contributed by atoms with Gasteiger partial charge in [-0.3, -0.25) is 79.3 Å². The van der Waals surface area contributed by atoms with E-state index in [2.05, 4.69) is 108 Å². The first-order chi connectivity index (χ1) is 58.2. The summed E-state index contributed by atoms with van der Waals surface area (Å²) in [5.74, 6) is -6.97. The molecule has 0 aliphatic carbocycles. The van der Waals surface area contributed by atoms with Crippen molar-refractivity contribution in [2.75, 3.05) is 26.7 Å². The van der Waals surface area contributed by atoms with Gasteiger partial charge in [-0.25, -0.2) is 69.7 Å². The van der Waals surface area contributed by atoms with Gasteiger partial charge in [0.25, 0.3) is 22.2 Å². The summed E-state index contributed by atoms with van der Waals surface area (Å²) in [6.07, 6.45) is 6.30. The summed E-state index contributed by atoms with van der Waals surface area (Å²) in [6, 6.07) is 24.0. The maximum absolute atomic E-state index is 13.7. The molecule has 0 fully saturated rings. The molecule has 8 rings (SSSR count). The standard InChI is InChI=1S/C15H14F2N2O2.C14H11BrF2N2O3.C14H12F2N2O3.C9H13N.C8H10N2O2.C6H10O3.C4H8N2O.C4H6O4.C2H3BO2.IO4.2Na.4O.Os/c1-3-7-18-14(20)8-10(2)19(15(18)21)9-11-12(16)5-4-6-13(11)17;1-8-12(15)13(21)18(5-6-20)14(22)19(8)7-9-10(16)3-2-4-11(9)17;1-9-7-13(20)17(5-6-19)14(21)18(9)8-10-11(15)3-2-4-12(10)16;1-10-8-7-9-5-3-2-4-6-9;1-3-4-10-7(11)5-6(2)9-8(10)12;1-3-9-6(8)4-5(2)7;1-2-3-6-4(5)7;1-3(5)7-8-4(2)6;1-2(4)5-3;2-1(3,4)5;;;;;;;/h3-6,8H,1,7,9H2,2H3;2-4,6H,5,7H2,1H3;2-4,6-7H,5,8H2,1H3;2-6,10H,7-8H2,1H3;3,5H,1,4H2,2H3,(H,9,12);3-4H2,1-2H3;2H,1,3H2,(H3,5,6,7);1-2H3;1H3;;;;;;;;/q;;;;;;;;2*-1;2*+1;;;;;. The molecule has 0 aliphatic rings. The fourth-order valence-corrected chi connectivity index (χ4v) is 9.07. The number of amides is 2. The third-order valence-electron chi connectivity index (χ3n) is 14.1. The summed E-state index contributed by atoms with van der Waals surface area (Å²) in [4.78, 5) is 185. The minimum atomic E-state index is -6.06. The first-order valence-electron chi connectivity index (χ1n) is 34.9. The van der Waals surface area contributed by atoms with Gasteiger partial charge in [0.15, 0.2) is 0 Å². The van der Waals surface area contributed by atoms with Crippen molar-refractivity contribution in [3.05, 3.63) is 309 Å². The van der Waals surface area contributed by atoms with E-state index in [-0.39, 0.29) is 148 Å². The molecule has 2 amide bonds. The molecule has 8 aromatic rings. The van der Waals surface area contributed by atoms with E-state index >= 15 is 0 Å². The Balaban J connectivity index is -0.000000447. The number of aldehydes is 2. The molecule has 4 heterocycles. The van der Waals surface area contributed by atoms with Crippen LogP contribution in [0.3, 0.4) is 0 Å². The number of benzene rings is 4. The number of carbonyl (C=O) groups is 8. The van der Waals surface area contributed by atoms with Crippen molar-refractivity contribution in [2.45, 2.75) is 121 Å². The van der Waals surface area contributed by atoms with Crippen molar-refractivity contribution < 1.29 is 206 Å². The Morgan fingerprint density at radius 3 is 1.20 bits per heavy atom. The Hall–Kier alpha value is -10.5. The van der Waals surface area contributed by atoms with Gasteiger partial charge >= 0.3 is 135 Å². The van der Waals surface area contributed by atoms with Crippen LogP contribution in [-0.4, -0.2) is 120 Å². The van der Waals surface area contributed by atoms with Crippen molar-refractivity contribution in [1.29, 1.82) is 0 Å². The Kier molecular flexibility index (Phi) is 65.8. The second kappa shape index (κ2) is 66.8. The Labute approximate surface area is 781 Å². The summed E-state index contributed by atoms with van der Waals surface area (Å²) >= 11 is -8.96. The number of aromatic amines is 1. The zero-order chi connectivity index (χ0) is 96.8. The van der Waals surface area contributed by atoms with Gasteiger partial charge in [-0.2, -0.15) is 0 Å². The number of aromatic nitrogens is 8. The van der Waals surface area contributed by atoms with E-state index in [1.54, 1.807) is 26.8 Å². The number of allylic oxidation sites excluding steroid dienone is 2. The third kappa shape index (κ3) is 54.3. The van der Waals surface area contributed by atoms with Crippen LogP contribution < -0.4 is 154 Å². The van der Waals surface area contributed by atoms with E-state index in [1.165, 1.54) is 75.7 Å². The van der Waals surface area contributed by atoms with Crippen molar-refractivity contribution in [2.24, 2.45) is 5.73 Å². The van der Waals surface area contributed by atoms with E-state index in [9.17, 15) is 103 Å². The van der Waals surface area contributed by atoms with E-state index < -0.39 is 147 Å². The first kappa shape index (κ1) is 125. The monoisotopic (exact) mass is 2170 g/mol. The molecule has 39 nitrogen and oxygen atoms in total. The zero-order valence-electron chi connectivity index (χ0n) is 70.4. The molecule has 3 radical (unpaired) electrons. The van der Waals surface area contributed by atoms with Crippen LogP contribution in [-0.2, 0) is 134 Å². The Bertz CT molecular complexity index is 5520. The van der Waals surface area contributed by atoms with Crippen LogP contribution in [0.1, 0.15) is 86.1 Å². The Morgan fingerprint density at radius 1 is 0.551 bits per heavy atom. The van der Waals surface area contributed by atoms with Gasteiger partial charge in [-0.05, 0) is 119 Å². The van der Waals surface area contributed by atoms with Gasteiger partial charge in [0, 0.05) is 98.1 Å². The van der Waals surface area contributed by atoms with E-state index in [0.717, 1.165) is 92.1 Å². The van der Waals surface area contributed by atoms with E-state index in [1.807, 2.05) is 13.1 Å². The number of urea groups is 1. The second-order valence-electron chi connectivity index (χ2n) is 23.7.